The highest BCUT2D eigenvalue weighted by Crippen LogP contribution is 2.41. The molecule has 38 heavy (non-hydrogen) atoms. The smallest absolute Gasteiger partial charge is 0.352 e. The molecule has 2 amide bonds. The van der Waals surface area contributed by atoms with Crippen LogP contribution in [0.4, 0.5) is 5.13 Å². The number of hydrogen-bond donors (Lipinski definition) is 4. The maximum atomic E-state index is 13.0. The molecule has 2 aliphatic rings. The number of thiazole rings is 1. The lowest BCUT2D eigenvalue weighted by Crippen LogP contribution is -2.71. The SMILES string of the molecule is CO/N=C(\C(=O)N[C@@H]1C(=O)N2C(C(=O)O)=C(CSc3nc4nc(C)cc(=O)n4[nH]3)CS[C@H]12)c1csc(N)n1. The number of oxime groups is 1. The van der Waals surface area contributed by atoms with Gasteiger partial charge in [-0.2, -0.15) is 9.50 Å². The van der Waals surface area contributed by atoms with Crippen LogP contribution in [0.25, 0.3) is 5.78 Å². The van der Waals surface area contributed by atoms with Crippen molar-refractivity contribution in [1.82, 2.24) is 34.8 Å². The molecular formula is C20H19N9O6S3. The third kappa shape index (κ3) is 4.61. The Hall–Kier alpha value is -3.90. The van der Waals surface area contributed by atoms with Crippen molar-refractivity contribution in [3.8, 4) is 0 Å². The summed E-state index contributed by atoms with van der Waals surface area (Å²) >= 11 is 3.61. The van der Waals surface area contributed by atoms with Gasteiger partial charge in [-0.3, -0.25) is 24.4 Å². The summed E-state index contributed by atoms with van der Waals surface area (Å²) in [5, 5.41) is 20.6. The molecule has 15 nitrogen and oxygen atoms in total. The van der Waals surface area contributed by atoms with E-state index in [-0.39, 0.29) is 39.3 Å². The van der Waals surface area contributed by atoms with Crippen molar-refractivity contribution in [1.29, 1.82) is 0 Å². The number of nitrogens with one attached hydrogen (secondary N) is 2. The zero-order valence-corrected chi connectivity index (χ0v) is 22.1. The van der Waals surface area contributed by atoms with Crippen molar-refractivity contribution >= 4 is 69.3 Å². The van der Waals surface area contributed by atoms with Gasteiger partial charge in [0, 0.05) is 28.6 Å². The number of carbonyl (C=O) groups is 3. The normalized spacial score (nSPS) is 19.4. The molecule has 5 rings (SSSR count). The van der Waals surface area contributed by atoms with E-state index in [1.165, 1.54) is 51.5 Å². The van der Waals surface area contributed by atoms with E-state index in [0.717, 1.165) is 11.3 Å². The number of aromatic nitrogens is 5. The number of fused-ring (bicyclic) bond motifs is 2. The number of H-pyrrole nitrogens is 1. The van der Waals surface area contributed by atoms with Gasteiger partial charge in [0.15, 0.2) is 16.0 Å². The molecule has 5 N–H and O–H groups in total. The summed E-state index contributed by atoms with van der Waals surface area (Å²) in [5.74, 6) is -1.83. The molecule has 2 atom stereocenters. The zero-order chi connectivity index (χ0) is 27.1. The maximum Gasteiger partial charge on any atom is 0.352 e. The van der Waals surface area contributed by atoms with E-state index in [9.17, 15) is 24.3 Å². The lowest BCUT2D eigenvalue weighted by Gasteiger charge is -2.49. The number of hydrogen-bond acceptors (Lipinski definition) is 13. The van der Waals surface area contributed by atoms with E-state index in [1.807, 2.05) is 0 Å². The first kappa shape index (κ1) is 25.7. The summed E-state index contributed by atoms with van der Waals surface area (Å²) in [6.07, 6.45) is 0. The van der Waals surface area contributed by atoms with Crippen molar-refractivity contribution in [2.75, 3.05) is 24.3 Å². The van der Waals surface area contributed by atoms with Crippen molar-refractivity contribution in [3.63, 3.8) is 0 Å². The van der Waals surface area contributed by atoms with E-state index in [2.05, 4.69) is 30.5 Å². The largest absolute Gasteiger partial charge is 0.477 e. The average molecular weight is 578 g/mol. The van der Waals surface area contributed by atoms with Gasteiger partial charge in [0.05, 0.1) is 0 Å². The fraction of sp³-hybridized carbons (Fsp3) is 0.300. The van der Waals surface area contributed by atoms with E-state index in [4.69, 9.17) is 10.6 Å². The molecule has 3 aromatic rings. The number of nitrogen functional groups attached to an aromatic ring is 1. The lowest BCUT2D eigenvalue weighted by atomic mass is 10.0. The minimum absolute atomic E-state index is 0.142. The summed E-state index contributed by atoms with van der Waals surface area (Å²) in [4.78, 5) is 68.5. The third-order valence-electron chi connectivity index (χ3n) is 5.52. The lowest BCUT2D eigenvalue weighted by molar-refractivity contribution is -0.150. The zero-order valence-electron chi connectivity index (χ0n) is 19.7. The van der Waals surface area contributed by atoms with Crippen LogP contribution < -0.4 is 16.6 Å². The molecule has 198 valence electrons. The number of anilines is 1. The highest BCUT2D eigenvalue weighted by atomic mass is 32.2. The number of aromatic amines is 1. The monoisotopic (exact) mass is 577 g/mol. The molecule has 0 spiro atoms. The number of thioether (sulfide) groups is 2. The predicted octanol–water partition coefficient (Wildman–Crippen LogP) is -0.354. The van der Waals surface area contributed by atoms with E-state index in [0.29, 0.717) is 22.2 Å². The van der Waals surface area contributed by atoms with Crippen LogP contribution in [0.5, 0.6) is 0 Å². The fourth-order valence-electron chi connectivity index (χ4n) is 3.89. The van der Waals surface area contributed by atoms with E-state index < -0.39 is 29.2 Å². The summed E-state index contributed by atoms with van der Waals surface area (Å²) in [5.41, 5.74) is 6.24. The van der Waals surface area contributed by atoms with Gasteiger partial charge in [0.2, 0.25) is 0 Å². The molecular weight excluding hydrogens is 558 g/mol. The topological polar surface area (TPSA) is 210 Å². The Labute approximate surface area is 225 Å². The number of aryl methyl sites for hydroxylation is 1. The van der Waals surface area contributed by atoms with Crippen LogP contribution in [0.1, 0.15) is 11.4 Å². The van der Waals surface area contributed by atoms with Crippen molar-refractivity contribution in [2.24, 2.45) is 5.16 Å². The number of β-lactam (4-membered cyclic amide) rings is 1. The first-order valence-corrected chi connectivity index (χ1v) is 13.7. The quantitative estimate of drug-likeness (QED) is 0.117. The number of nitrogens with zero attached hydrogens (tertiary/aromatic N) is 6. The van der Waals surface area contributed by atoms with Crippen LogP contribution in [0.3, 0.4) is 0 Å². The second-order valence-corrected chi connectivity index (χ2v) is 11.0. The molecule has 18 heteroatoms. The molecule has 0 aliphatic carbocycles. The first-order valence-electron chi connectivity index (χ1n) is 10.8. The number of nitrogens with two attached hydrogens (primary N) is 1. The van der Waals surface area contributed by atoms with E-state index in [1.54, 1.807) is 6.92 Å². The molecule has 0 saturated carbocycles. The molecule has 0 aromatic carbocycles. The minimum atomic E-state index is -1.26. The molecule has 0 unspecified atom stereocenters. The minimum Gasteiger partial charge on any atom is -0.477 e. The first-order chi connectivity index (χ1) is 18.2. The molecule has 1 saturated heterocycles. The van der Waals surface area contributed by atoms with Crippen LogP contribution in [-0.2, 0) is 19.2 Å². The van der Waals surface area contributed by atoms with Gasteiger partial charge in [-0.15, -0.1) is 23.1 Å². The van der Waals surface area contributed by atoms with Gasteiger partial charge in [-0.25, -0.2) is 14.8 Å². The Morgan fingerprint density at radius 1 is 1.37 bits per heavy atom. The second-order valence-electron chi connectivity index (χ2n) is 8.00. The highest BCUT2D eigenvalue weighted by molar-refractivity contribution is 8.01. The van der Waals surface area contributed by atoms with Gasteiger partial charge in [0.25, 0.3) is 23.2 Å². The molecule has 3 aromatic heterocycles. The summed E-state index contributed by atoms with van der Waals surface area (Å²) in [6.45, 7) is 1.68. The predicted molar refractivity (Wildman–Crippen MR) is 139 cm³/mol. The Morgan fingerprint density at radius 3 is 2.84 bits per heavy atom. The average Bonchev–Trinajstić information content (AvgIpc) is 3.49. The number of amides is 2. The fourth-order valence-corrected chi connectivity index (χ4v) is 6.76. The Morgan fingerprint density at radius 2 is 2.16 bits per heavy atom. The van der Waals surface area contributed by atoms with Crippen LogP contribution in [0.2, 0.25) is 0 Å². The van der Waals surface area contributed by atoms with Crippen LogP contribution in [0, 0.1) is 6.92 Å². The summed E-state index contributed by atoms with van der Waals surface area (Å²) in [7, 11) is 1.26. The van der Waals surface area contributed by atoms with Gasteiger partial charge >= 0.3 is 5.97 Å². The molecule has 0 bridgehead atoms. The van der Waals surface area contributed by atoms with Crippen molar-refractivity contribution < 1.29 is 24.3 Å². The number of carbonyl (C=O) groups excluding carboxylic acids is 2. The molecule has 1 fully saturated rings. The third-order valence-corrected chi connectivity index (χ3v) is 8.48. The number of carboxylic acids is 1. The summed E-state index contributed by atoms with van der Waals surface area (Å²) < 4.78 is 1.20. The second kappa shape index (κ2) is 10.1. The van der Waals surface area contributed by atoms with Crippen molar-refractivity contribution in [3.05, 3.63) is 44.5 Å². The Balaban J connectivity index is 1.32. The highest BCUT2D eigenvalue weighted by Gasteiger charge is 2.54. The Bertz CT molecular complexity index is 1590. The standard InChI is InChI=1S/C20H19N9O6S3/c1-7-3-10(30)29-19(22-7)25-20(26-29)38-5-8-4-36-16-12(15(32)28(16)13(8)17(33)34)24-14(31)11(27-35-2)9-6-37-18(21)23-9/h3,6,12,16H,4-5H2,1-2H3,(H2,21,23)(H,24,31)(H,33,34)(H,22,25,26)/b27-11-/t12-,16-/m1/s1. The Kier molecular flexibility index (Phi) is 6.84. The number of aliphatic carboxylic acids is 1. The summed E-state index contributed by atoms with van der Waals surface area (Å²) in [6, 6.07) is 0.398. The molecule has 0 radical (unpaired) electrons. The van der Waals surface area contributed by atoms with Gasteiger partial charge in [-0.05, 0) is 12.5 Å². The molecule has 2 aliphatic heterocycles. The van der Waals surface area contributed by atoms with Crippen LogP contribution >= 0.6 is 34.9 Å². The van der Waals surface area contributed by atoms with Gasteiger partial charge < -0.3 is 21.0 Å². The van der Waals surface area contributed by atoms with Crippen LogP contribution in [0.15, 0.2) is 37.8 Å². The molecule has 5 heterocycles. The number of carboxylic acid groups (broad SMARTS) is 1. The van der Waals surface area contributed by atoms with Gasteiger partial charge in [-0.1, -0.05) is 16.9 Å². The van der Waals surface area contributed by atoms with Gasteiger partial charge in [0.1, 0.15) is 29.9 Å². The number of rotatable bonds is 8. The van der Waals surface area contributed by atoms with E-state index >= 15 is 0 Å². The maximum absolute atomic E-state index is 13.0. The van der Waals surface area contributed by atoms with Crippen molar-refractivity contribution in [2.45, 2.75) is 23.5 Å². The van der Waals surface area contributed by atoms with Crippen LogP contribution in [-0.4, -0.2) is 88.1 Å².